The van der Waals surface area contributed by atoms with Gasteiger partial charge in [0.15, 0.2) is 5.75 Å². The maximum Gasteiger partial charge on any atom is 0.291 e. The van der Waals surface area contributed by atoms with Crippen molar-refractivity contribution in [3.8, 4) is 5.75 Å². The summed E-state index contributed by atoms with van der Waals surface area (Å²) in [4.78, 5) is 38.1. The van der Waals surface area contributed by atoms with Gasteiger partial charge in [0.25, 0.3) is 12.4 Å². The van der Waals surface area contributed by atoms with Crippen LogP contribution in [-0.2, 0) is 4.79 Å². The van der Waals surface area contributed by atoms with Gasteiger partial charge in [-0.2, -0.15) is 0 Å². The zero-order valence-electron chi connectivity index (χ0n) is 17.3. The zero-order valence-corrected chi connectivity index (χ0v) is 17.3. The van der Waals surface area contributed by atoms with E-state index in [4.69, 9.17) is 14.6 Å². The van der Waals surface area contributed by atoms with Crippen molar-refractivity contribution >= 4 is 18.1 Å². The Bertz CT molecular complexity index is 845. The highest BCUT2D eigenvalue weighted by Crippen LogP contribution is 2.33. The summed E-state index contributed by atoms with van der Waals surface area (Å²) in [7, 11) is 1.56. The van der Waals surface area contributed by atoms with Gasteiger partial charge in [-0.3, -0.25) is 14.6 Å². The first-order chi connectivity index (χ1) is 14.5. The lowest BCUT2D eigenvalue weighted by molar-refractivity contribution is -0.122. The molecule has 1 amide bonds. The standard InChI is InChI=1S/C20H25N5O2.CH2O2/c1-14-9-17(3-6-21-14)24-7-4-15-12-25(13-16(15)5-8-24)20(26)19-22-10-18(27-2)11-23-19;2-1-3/h3,6,9-11,15-16H,4-5,7-8,12-13H2,1-2H3;1H,(H,2,3)/t15-,16+;. The van der Waals surface area contributed by atoms with Gasteiger partial charge in [0.2, 0.25) is 5.82 Å². The first-order valence-corrected chi connectivity index (χ1v) is 9.96. The van der Waals surface area contributed by atoms with E-state index >= 15 is 0 Å². The second-order valence-corrected chi connectivity index (χ2v) is 7.50. The molecule has 0 bridgehead atoms. The number of carboxylic acid groups (broad SMARTS) is 1. The molecule has 2 aromatic rings. The van der Waals surface area contributed by atoms with Gasteiger partial charge in [0, 0.05) is 43.8 Å². The number of amides is 1. The van der Waals surface area contributed by atoms with Crippen LogP contribution in [0.2, 0.25) is 0 Å². The molecule has 1 N–H and O–H groups in total. The number of pyridine rings is 1. The molecular weight excluding hydrogens is 386 g/mol. The van der Waals surface area contributed by atoms with E-state index in [2.05, 4.69) is 32.0 Å². The molecule has 0 radical (unpaired) electrons. The highest BCUT2D eigenvalue weighted by Gasteiger charge is 2.37. The summed E-state index contributed by atoms with van der Waals surface area (Å²) < 4.78 is 5.06. The van der Waals surface area contributed by atoms with Crippen LogP contribution in [0, 0.1) is 18.8 Å². The molecule has 4 rings (SSSR count). The lowest BCUT2D eigenvalue weighted by atomic mass is 9.92. The summed E-state index contributed by atoms with van der Waals surface area (Å²) in [6, 6.07) is 4.24. The van der Waals surface area contributed by atoms with Crippen molar-refractivity contribution in [2.24, 2.45) is 11.8 Å². The quantitative estimate of drug-likeness (QED) is 0.760. The first kappa shape index (κ1) is 21.5. The van der Waals surface area contributed by atoms with Crippen molar-refractivity contribution in [1.82, 2.24) is 19.9 Å². The molecule has 160 valence electrons. The minimum atomic E-state index is -0.250. The number of hydrogen-bond donors (Lipinski definition) is 1. The number of carbonyl (C=O) groups excluding carboxylic acids is 1. The number of likely N-dealkylation sites (tertiary alicyclic amines) is 1. The Hall–Kier alpha value is -3.23. The predicted molar refractivity (Wildman–Crippen MR) is 111 cm³/mol. The topological polar surface area (TPSA) is 109 Å². The summed E-state index contributed by atoms with van der Waals surface area (Å²) in [5, 5.41) is 6.89. The molecule has 9 nitrogen and oxygen atoms in total. The van der Waals surface area contributed by atoms with E-state index in [1.807, 2.05) is 18.0 Å². The number of aryl methyl sites for hydroxylation is 1. The van der Waals surface area contributed by atoms with Crippen LogP contribution < -0.4 is 9.64 Å². The van der Waals surface area contributed by atoms with Gasteiger partial charge in [-0.1, -0.05) is 0 Å². The Kier molecular flexibility index (Phi) is 7.16. The fourth-order valence-electron chi connectivity index (χ4n) is 4.17. The minimum Gasteiger partial charge on any atom is -0.494 e. The number of ether oxygens (including phenoxy) is 1. The average molecular weight is 413 g/mol. The van der Waals surface area contributed by atoms with Gasteiger partial charge in [0.1, 0.15) is 0 Å². The average Bonchev–Trinajstić information content (AvgIpc) is 3.07. The number of carbonyl (C=O) groups is 2. The van der Waals surface area contributed by atoms with Crippen LogP contribution in [0.25, 0.3) is 0 Å². The number of anilines is 1. The number of aromatic nitrogens is 3. The molecule has 30 heavy (non-hydrogen) atoms. The summed E-state index contributed by atoms with van der Waals surface area (Å²) in [5.74, 6) is 1.82. The maximum atomic E-state index is 12.7. The lowest BCUT2D eigenvalue weighted by Crippen LogP contribution is -2.32. The molecule has 0 aromatic carbocycles. The van der Waals surface area contributed by atoms with Crippen molar-refractivity contribution < 1.29 is 19.4 Å². The predicted octanol–water partition coefficient (Wildman–Crippen LogP) is 1.88. The van der Waals surface area contributed by atoms with Crippen LogP contribution in [0.15, 0.2) is 30.7 Å². The van der Waals surface area contributed by atoms with Crippen molar-refractivity contribution in [2.45, 2.75) is 19.8 Å². The van der Waals surface area contributed by atoms with Crippen LogP contribution >= 0.6 is 0 Å². The minimum absolute atomic E-state index is 0.0765. The molecule has 4 heterocycles. The molecule has 2 aliphatic heterocycles. The van der Waals surface area contributed by atoms with E-state index in [1.54, 1.807) is 19.5 Å². The molecule has 0 aliphatic carbocycles. The molecule has 2 aliphatic rings. The van der Waals surface area contributed by atoms with Gasteiger partial charge in [0.05, 0.1) is 19.5 Å². The van der Waals surface area contributed by atoms with E-state index in [-0.39, 0.29) is 18.2 Å². The van der Waals surface area contributed by atoms with Gasteiger partial charge in [-0.15, -0.1) is 0 Å². The second kappa shape index (κ2) is 10.00. The van der Waals surface area contributed by atoms with Crippen LogP contribution in [0.4, 0.5) is 5.69 Å². The number of methoxy groups -OCH3 is 1. The summed E-state index contributed by atoms with van der Waals surface area (Å²) in [5.41, 5.74) is 2.30. The van der Waals surface area contributed by atoms with Crippen molar-refractivity contribution in [3.63, 3.8) is 0 Å². The third-order valence-electron chi connectivity index (χ3n) is 5.70. The van der Waals surface area contributed by atoms with E-state index in [9.17, 15) is 4.79 Å². The Labute approximate surface area is 175 Å². The number of rotatable bonds is 3. The van der Waals surface area contributed by atoms with E-state index in [0.29, 0.717) is 17.6 Å². The van der Waals surface area contributed by atoms with E-state index < -0.39 is 0 Å². The molecule has 2 aromatic heterocycles. The Morgan fingerprint density at radius 3 is 2.30 bits per heavy atom. The smallest absolute Gasteiger partial charge is 0.291 e. The molecule has 0 saturated carbocycles. The zero-order chi connectivity index (χ0) is 21.5. The number of hydrogen-bond acceptors (Lipinski definition) is 7. The van der Waals surface area contributed by atoms with E-state index in [1.165, 1.54) is 5.69 Å². The van der Waals surface area contributed by atoms with Gasteiger partial charge in [-0.05, 0) is 43.7 Å². The second-order valence-electron chi connectivity index (χ2n) is 7.50. The fourth-order valence-corrected chi connectivity index (χ4v) is 4.17. The lowest BCUT2D eigenvalue weighted by Gasteiger charge is -2.24. The van der Waals surface area contributed by atoms with Gasteiger partial charge in [-0.25, -0.2) is 9.97 Å². The Balaban J connectivity index is 0.000000806. The van der Waals surface area contributed by atoms with Gasteiger partial charge >= 0.3 is 0 Å². The SMILES string of the molecule is COc1cnc(C(=O)N2C[C@H]3CCN(c4ccnc(C)c4)CC[C@H]3C2)nc1.O=CO. The Morgan fingerprint density at radius 2 is 1.77 bits per heavy atom. The Morgan fingerprint density at radius 1 is 1.17 bits per heavy atom. The van der Waals surface area contributed by atoms with Crippen LogP contribution in [0.3, 0.4) is 0 Å². The van der Waals surface area contributed by atoms with Crippen molar-refractivity contribution in [2.75, 3.05) is 38.2 Å². The van der Waals surface area contributed by atoms with E-state index in [0.717, 1.165) is 44.7 Å². The largest absolute Gasteiger partial charge is 0.494 e. The van der Waals surface area contributed by atoms with Crippen LogP contribution in [0.5, 0.6) is 5.75 Å². The summed E-state index contributed by atoms with van der Waals surface area (Å²) in [6.45, 7) is 5.41. The molecule has 0 spiro atoms. The van der Waals surface area contributed by atoms with Gasteiger partial charge < -0.3 is 19.6 Å². The van der Waals surface area contributed by atoms with Crippen LogP contribution in [0.1, 0.15) is 29.2 Å². The van der Waals surface area contributed by atoms with Crippen molar-refractivity contribution in [1.29, 1.82) is 0 Å². The molecule has 2 fully saturated rings. The third kappa shape index (κ3) is 5.03. The van der Waals surface area contributed by atoms with Crippen molar-refractivity contribution in [3.05, 3.63) is 42.2 Å². The first-order valence-electron chi connectivity index (χ1n) is 9.96. The fraction of sp³-hybridized carbons (Fsp3) is 0.476. The number of fused-ring (bicyclic) bond motifs is 1. The van der Waals surface area contributed by atoms with Crippen LogP contribution in [-0.4, -0.2) is 70.6 Å². The molecule has 2 saturated heterocycles. The molecular formula is C21H27N5O4. The number of nitrogens with zero attached hydrogens (tertiary/aromatic N) is 5. The summed E-state index contributed by atoms with van der Waals surface area (Å²) in [6.07, 6.45) is 7.16. The maximum absolute atomic E-state index is 12.7. The molecule has 0 unspecified atom stereocenters. The summed E-state index contributed by atoms with van der Waals surface area (Å²) >= 11 is 0. The normalized spacial score (nSPS) is 20.5. The highest BCUT2D eigenvalue weighted by molar-refractivity contribution is 5.90. The molecule has 9 heteroatoms. The molecule has 2 atom stereocenters. The third-order valence-corrected chi connectivity index (χ3v) is 5.70. The highest BCUT2D eigenvalue weighted by atomic mass is 16.5. The monoisotopic (exact) mass is 413 g/mol.